The van der Waals surface area contributed by atoms with Gasteiger partial charge in [0.05, 0.1) is 36.2 Å². The highest BCUT2D eigenvalue weighted by Crippen LogP contribution is 2.25. The lowest BCUT2D eigenvalue weighted by molar-refractivity contribution is 0.0832. The van der Waals surface area contributed by atoms with Crippen LogP contribution in [0.15, 0.2) is 29.2 Å². The Kier molecular flexibility index (Phi) is 5.94. The largest absolute Gasteiger partial charge is 0.394 e. The molecule has 0 aliphatic rings. The molecule has 1 rings (SSSR count). The topological polar surface area (TPSA) is 107 Å². The Bertz CT molecular complexity index is 517. The Labute approximate surface area is 119 Å². The van der Waals surface area contributed by atoms with Crippen LogP contribution in [0.1, 0.15) is 13.3 Å². The van der Waals surface area contributed by atoms with Crippen molar-refractivity contribution in [3.63, 3.8) is 0 Å². The Balaban J connectivity index is 3.21. The van der Waals surface area contributed by atoms with Gasteiger partial charge in [0.2, 0.25) is 0 Å². The molecular weight excluding hydrogens is 282 g/mol. The van der Waals surface area contributed by atoms with Crippen LogP contribution >= 0.6 is 0 Å². The van der Waals surface area contributed by atoms with Gasteiger partial charge in [-0.15, -0.1) is 0 Å². The summed E-state index contributed by atoms with van der Waals surface area (Å²) in [5.74, 6) is 0.00999. The fourth-order valence-corrected chi connectivity index (χ4v) is 3.27. The Morgan fingerprint density at radius 3 is 2.15 bits per heavy atom. The lowest BCUT2D eigenvalue weighted by atomic mass is 10.0. The van der Waals surface area contributed by atoms with Crippen LogP contribution in [0.3, 0.4) is 0 Å². The highest BCUT2D eigenvalue weighted by Gasteiger charge is 2.30. The summed E-state index contributed by atoms with van der Waals surface area (Å²) in [6.45, 7) is 0.194. The second kappa shape index (κ2) is 7.03. The van der Waals surface area contributed by atoms with E-state index >= 15 is 0 Å². The predicted octanol–water partition coefficient (Wildman–Crippen LogP) is -0.00210. The molecule has 7 heteroatoms. The summed E-state index contributed by atoms with van der Waals surface area (Å²) in [6.07, 6.45) is 0.488. The van der Waals surface area contributed by atoms with E-state index in [1.807, 2.05) is 0 Å². The minimum atomic E-state index is -3.45. The first-order valence-electron chi connectivity index (χ1n) is 6.37. The molecule has 6 nitrogen and oxygen atoms in total. The summed E-state index contributed by atoms with van der Waals surface area (Å²) in [5.41, 5.74) is -1.10. The van der Waals surface area contributed by atoms with Gasteiger partial charge in [-0.2, -0.15) is 0 Å². The van der Waals surface area contributed by atoms with Crippen molar-refractivity contribution < 1.29 is 23.7 Å². The smallest absolute Gasteiger partial charge is 0.180 e. The number of anilines is 1. The summed E-state index contributed by atoms with van der Waals surface area (Å²) in [4.78, 5) is 0.0987. The van der Waals surface area contributed by atoms with E-state index < -0.39 is 35.2 Å². The zero-order valence-corrected chi connectivity index (χ0v) is 12.2. The monoisotopic (exact) mass is 303 g/mol. The number of sulfone groups is 1. The molecule has 0 heterocycles. The van der Waals surface area contributed by atoms with Crippen LogP contribution < -0.4 is 5.32 Å². The van der Waals surface area contributed by atoms with Crippen LogP contribution in [-0.2, 0) is 9.84 Å². The molecule has 1 aromatic carbocycles. The molecule has 0 radical (unpaired) electrons. The summed E-state index contributed by atoms with van der Waals surface area (Å²) in [6, 6.07) is 6.25. The molecule has 0 aliphatic heterocycles. The summed E-state index contributed by atoms with van der Waals surface area (Å²) in [7, 11) is -3.45. The predicted molar refractivity (Wildman–Crippen MR) is 76.4 cm³/mol. The van der Waals surface area contributed by atoms with Crippen molar-refractivity contribution in [1.82, 2.24) is 0 Å². The van der Waals surface area contributed by atoms with Gasteiger partial charge < -0.3 is 20.6 Å². The minimum absolute atomic E-state index is 0.00999. The molecule has 0 saturated heterocycles. The van der Waals surface area contributed by atoms with Crippen LogP contribution in [-0.4, -0.2) is 54.8 Å². The zero-order valence-electron chi connectivity index (χ0n) is 11.4. The maximum atomic E-state index is 12.2. The maximum absolute atomic E-state index is 12.2. The van der Waals surface area contributed by atoms with Crippen LogP contribution in [0, 0.1) is 0 Å². The lowest BCUT2D eigenvalue weighted by Gasteiger charge is -2.30. The first kappa shape index (κ1) is 16.9. The molecule has 0 aromatic heterocycles. The van der Waals surface area contributed by atoms with E-state index in [0.717, 1.165) is 0 Å². The van der Waals surface area contributed by atoms with Crippen LogP contribution in [0.5, 0.6) is 0 Å². The molecule has 20 heavy (non-hydrogen) atoms. The highest BCUT2D eigenvalue weighted by atomic mass is 32.2. The van der Waals surface area contributed by atoms with E-state index in [9.17, 15) is 23.7 Å². The van der Waals surface area contributed by atoms with E-state index in [2.05, 4.69) is 5.32 Å². The van der Waals surface area contributed by atoms with E-state index in [1.54, 1.807) is 19.1 Å². The molecule has 0 unspecified atom stereocenters. The molecular formula is C13H21NO5S. The third kappa shape index (κ3) is 3.69. The van der Waals surface area contributed by atoms with E-state index in [0.29, 0.717) is 6.42 Å². The second-order valence-corrected chi connectivity index (χ2v) is 6.77. The zero-order chi connectivity index (χ0) is 15.2. The van der Waals surface area contributed by atoms with Gasteiger partial charge in [0.25, 0.3) is 0 Å². The first-order valence-corrected chi connectivity index (χ1v) is 8.02. The van der Waals surface area contributed by atoms with E-state index in [-0.39, 0.29) is 16.3 Å². The van der Waals surface area contributed by atoms with Crippen molar-refractivity contribution in [2.75, 3.05) is 30.9 Å². The number of aliphatic hydroxyl groups excluding tert-OH is 3. The van der Waals surface area contributed by atoms with E-state index in [1.165, 1.54) is 12.1 Å². The van der Waals surface area contributed by atoms with Crippen LogP contribution in [0.2, 0.25) is 0 Å². The number of para-hydroxylation sites is 1. The Morgan fingerprint density at radius 1 is 1.10 bits per heavy atom. The van der Waals surface area contributed by atoms with Crippen molar-refractivity contribution in [3.8, 4) is 0 Å². The van der Waals surface area contributed by atoms with Crippen LogP contribution in [0.4, 0.5) is 5.69 Å². The fourth-order valence-electron chi connectivity index (χ4n) is 1.77. The van der Waals surface area contributed by atoms with Gasteiger partial charge in [-0.3, -0.25) is 0 Å². The number of hydrogen-bond acceptors (Lipinski definition) is 6. The van der Waals surface area contributed by atoms with Gasteiger partial charge in [0, 0.05) is 0 Å². The maximum Gasteiger partial charge on any atom is 0.180 e. The molecule has 0 atom stereocenters. The molecule has 0 amide bonds. The molecule has 0 saturated carbocycles. The van der Waals surface area contributed by atoms with Gasteiger partial charge in [-0.1, -0.05) is 19.1 Å². The molecule has 0 spiro atoms. The number of nitrogens with one attached hydrogen (secondary N) is 1. The number of aliphatic hydroxyl groups is 3. The van der Waals surface area contributed by atoms with Gasteiger partial charge in [-0.05, 0) is 18.6 Å². The molecule has 0 aliphatic carbocycles. The van der Waals surface area contributed by atoms with Crippen molar-refractivity contribution in [2.45, 2.75) is 23.8 Å². The average Bonchev–Trinajstić information content (AvgIpc) is 2.45. The van der Waals surface area contributed by atoms with Crippen molar-refractivity contribution in [3.05, 3.63) is 24.3 Å². The second-order valence-electron chi connectivity index (χ2n) is 4.69. The van der Waals surface area contributed by atoms with E-state index in [4.69, 9.17) is 0 Å². The number of benzene rings is 1. The molecule has 114 valence electrons. The summed E-state index contributed by atoms with van der Waals surface area (Å²) in [5, 5.41) is 30.7. The molecule has 1 aromatic rings. The Morgan fingerprint density at radius 2 is 1.65 bits per heavy atom. The van der Waals surface area contributed by atoms with Crippen LogP contribution in [0.25, 0.3) is 0 Å². The van der Waals surface area contributed by atoms with Gasteiger partial charge in [0.1, 0.15) is 5.54 Å². The number of hydrogen-bond donors (Lipinski definition) is 4. The Hall–Kier alpha value is -1.15. The van der Waals surface area contributed by atoms with Crippen molar-refractivity contribution in [1.29, 1.82) is 0 Å². The van der Waals surface area contributed by atoms with Gasteiger partial charge >= 0.3 is 0 Å². The van der Waals surface area contributed by atoms with Gasteiger partial charge in [-0.25, -0.2) is 8.42 Å². The fraction of sp³-hybridized carbons (Fsp3) is 0.538. The van der Waals surface area contributed by atoms with Gasteiger partial charge in [0.15, 0.2) is 9.84 Å². The SMILES string of the molecule is CCCS(=O)(=O)c1ccccc1NC(CO)(CO)CO. The molecule has 0 bridgehead atoms. The quantitative estimate of drug-likeness (QED) is 0.538. The normalized spacial score (nSPS) is 12.4. The third-order valence-electron chi connectivity index (χ3n) is 3.00. The average molecular weight is 303 g/mol. The molecule has 4 N–H and O–H groups in total. The highest BCUT2D eigenvalue weighted by molar-refractivity contribution is 7.91. The lowest BCUT2D eigenvalue weighted by Crippen LogP contribution is -2.49. The number of rotatable bonds is 8. The molecule has 0 fully saturated rings. The van der Waals surface area contributed by atoms with Crippen molar-refractivity contribution in [2.24, 2.45) is 0 Å². The first-order chi connectivity index (χ1) is 9.44. The summed E-state index contributed by atoms with van der Waals surface area (Å²) >= 11 is 0. The van der Waals surface area contributed by atoms with Crippen molar-refractivity contribution >= 4 is 15.5 Å². The summed E-state index contributed by atoms with van der Waals surface area (Å²) < 4.78 is 24.4. The third-order valence-corrected chi connectivity index (χ3v) is 4.97. The standard InChI is InChI=1S/C13H21NO5S/c1-2-7-20(18,19)12-6-4-3-5-11(12)14-13(8-15,9-16)10-17/h3-6,14-17H,2,7-10H2,1H3. The minimum Gasteiger partial charge on any atom is -0.394 e.